The SMILES string of the molecule is CSCCCCCCNC(=O)C1CCCC(C(=O)O)C1. The fourth-order valence-electron chi connectivity index (χ4n) is 2.73. The van der Waals surface area contributed by atoms with Crippen molar-refractivity contribution >= 4 is 23.6 Å². The van der Waals surface area contributed by atoms with Crippen LogP contribution in [-0.2, 0) is 9.59 Å². The third kappa shape index (κ3) is 6.64. The Kier molecular flexibility index (Phi) is 8.74. The average Bonchev–Trinajstić information content (AvgIpc) is 2.46. The Morgan fingerprint density at radius 2 is 1.85 bits per heavy atom. The van der Waals surface area contributed by atoms with Gasteiger partial charge in [0.25, 0.3) is 0 Å². The van der Waals surface area contributed by atoms with E-state index < -0.39 is 5.97 Å². The van der Waals surface area contributed by atoms with Crippen LogP contribution in [0.5, 0.6) is 0 Å². The fraction of sp³-hybridized carbons (Fsp3) is 0.867. The molecule has 0 aromatic carbocycles. The van der Waals surface area contributed by atoms with E-state index in [-0.39, 0.29) is 17.7 Å². The second kappa shape index (κ2) is 10.1. The predicted octanol–water partition coefficient (Wildman–Crippen LogP) is 2.92. The van der Waals surface area contributed by atoms with E-state index in [1.165, 1.54) is 18.6 Å². The van der Waals surface area contributed by atoms with Crippen LogP contribution in [0.15, 0.2) is 0 Å². The number of unbranched alkanes of at least 4 members (excludes halogenated alkanes) is 3. The molecule has 0 aromatic heterocycles. The molecule has 0 aromatic rings. The van der Waals surface area contributed by atoms with Crippen LogP contribution in [0.1, 0.15) is 51.4 Å². The molecule has 2 N–H and O–H groups in total. The number of amides is 1. The standard InChI is InChI=1S/C15H27NO3S/c1-20-10-5-3-2-4-9-16-14(17)12-7-6-8-13(11-12)15(18)19/h12-13H,2-11H2,1H3,(H,16,17)(H,18,19). The summed E-state index contributed by atoms with van der Waals surface area (Å²) in [5.41, 5.74) is 0. The van der Waals surface area contributed by atoms with Crippen molar-refractivity contribution in [3.05, 3.63) is 0 Å². The van der Waals surface area contributed by atoms with Crippen molar-refractivity contribution < 1.29 is 14.7 Å². The van der Waals surface area contributed by atoms with Gasteiger partial charge in [0.1, 0.15) is 0 Å². The van der Waals surface area contributed by atoms with E-state index in [2.05, 4.69) is 11.6 Å². The van der Waals surface area contributed by atoms with Crippen LogP contribution in [0.2, 0.25) is 0 Å². The Balaban J connectivity index is 2.11. The van der Waals surface area contributed by atoms with E-state index >= 15 is 0 Å². The summed E-state index contributed by atoms with van der Waals surface area (Å²) in [5, 5.41) is 12.0. The Morgan fingerprint density at radius 1 is 1.15 bits per heavy atom. The van der Waals surface area contributed by atoms with Gasteiger partial charge in [-0.25, -0.2) is 0 Å². The summed E-state index contributed by atoms with van der Waals surface area (Å²) in [7, 11) is 0. The maximum Gasteiger partial charge on any atom is 0.306 e. The lowest BCUT2D eigenvalue weighted by Gasteiger charge is -2.25. The summed E-state index contributed by atoms with van der Waals surface area (Å²) in [4.78, 5) is 23.0. The molecule has 116 valence electrons. The summed E-state index contributed by atoms with van der Waals surface area (Å²) in [6.45, 7) is 0.729. The molecule has 1 saturated carbocycles. The first kappa shape index (κ1) is 17.3. The van der Waals surface area contributed by atoms with E-state index in [9.17, 15) is 9.59 Å². The van der Waals surface area contributed by atoms with Crippen molar-refractivity contribution in [1.29, 1.82) is 0 Å². The van der Waals surface area contributed by atoms with Gasteiger partial charge in [-0.15, -0.1) is 0 Å². The molecule has 4 nitrogen and oxygen atoms in total. The maximum absolute atomic E-state index is 12.0. The number of aliphatic carboxylic acids is 1. The van der Waals surface area contributed by atoms with Crippen molar-refractivity contribution in [2.24, 2.45) is 11.8 Å². The van der Waals surface area contributed by atoms with Crippen LogP contribution in [0.3, 0.4) is 0 Å². The number of thioether (sulfide) groups is 1. The van der Waals surface area contributed by atoms with Crippen LogP contribution < -0.4 is 5.32 Å². The van der Waals surface area contributed by atoms with E-state index in [0.717, 1.165) is 32.2 Å². The highest BCUT2D eigenvalue weighted by Crippen LogP contribution is 2.29. The Labute approximate surface area is 126 Å². The van der Waals surface area contributed by atoms with Gasteiger partial charge in [0, 0.05) is 12.5 Å². The topological polar surface area (TPSA) is 66.4 Å². The smallest absolute Gasteiger partial charge is 0.306 e. The molecule has 1 rings (SSSR count). The summed E-state index contributed by atoms with van der Waals surface area (Å²) >= 11 is 1.87. The highest BCUT2D eigenvalue weighted by Gasteiger charge is 2.30. The van der Waals surface area contributed by atoms with Crippen molar-refractivity contribution in [2.75, 3.05) is 18.6 Å². The molecule has 0 spiro atoms. The number of rotatable bonds is 9. The zero-order valence-corrected chi connectivity index (χ0v) is 13.2. The molecule has 1 aliphatic rings. The molecular weight excluding hydrogens is 274 g/mol. The van der Waals surface area contributed by atoms with E-state index in [1.54, 1.807) is 0 Å². The van der Waals surface area contributed by atoms with Crippen LogP contribution in [0, 0.1) is 11.8 Å². The highest BCUT2D eigenvalue weighted by molar-refractivity contribution is 7.98. The van der Waals surface area contributed by atoms with Gasteiger partial charge in [0.15, 0.2) is 0 Å². The van der Waals surface area contributed by atoms with Gasteiger partial charge in [-0.05, 0) is 44.1 Å². The van der Waals surface area contributed by atoms with Crippen molar-refractivity contribution in [2.45, 2.75) is 51.4 Å². The molecule has 20 heavy (non-hydrogen) atoms. The van der Waals surface area contributed by atoms with Crippen molar-refractivity contribution in [3.8, 4) is 0 Å². The number of carboxylic acid groups (broad SMARTS) is 1. The Morgan fingerprint density at radius 3 is 2.55 bits per heavy atom. The molecule has 2 atom stereocenters. The molecule has 1 amide bonds. The average molecular weight is 301 g/mol. The number of carbonyl (C=O) groups is 2. The largest absolute Gasteiger partial charge is 0.481 e. The first-order chi connectivity index (χ1) is 9.65. The molecule has 0 bridgehead atoms. The minimum absolute atomic E-state index is 0.0556. The molecule has 0 heterocycles. The van der Waals surface area contributed by atoms with Crippen molar-refractivity contribution in [1.82, 2.24) is 5.32 Å². The van der Waals surface area contributed by atoms with Gasteiger partial charge in [-0.2, -0.15) is 11.8 Å². The number of nitrogens with one attached hydrogen (secondary N) is 1. The lowest BCUT2D eigenvalue weighted by atomic mass is 9.81. The van der Waals surface area contributed by atoms with E-state index in [0.29, 0.717) is 12.8 Å². The zero-order valence-electron chi connectivity index (χ0n) is 12.4. The minimum Gasteiger partial charge on any atom is -0.481 e. The molecule has 2 unspecified atom stereocenters. The lowest BCUT2D eigenvalue weighted by molar-refractivity contribution is -0.144. The van der Waals surface area contributed by atoms with Crippen LogP contribution >= 0.6 is 11.8 Å². The predicted molar refractivity (Wildman–Crippen MR) is 82.9 cm³/mol. The van der Waals surface area contributed by atoms with Gasteiger partial charge in [0.2, 0.25) is 5.91 Å². The molecule has 0 radical (unpaired) electrons. The third-order valence-electron chi connectivity index (χ3n) is 3.97. The quantitative estimate of drug-likeness (QED) is 0.643. The number of carboxylic acids is 1. The molecule has 0 saturated heterocycles. The van der Waals surface area contributed by atoms with Crippen LogP contribution in [-0.4, -0.2) is 35.5 Å². The molecule has 1 fully saturated rings. The molecule has 0 aliphatic heterocycles. The summed E-state index contributed by atoms with van der Waals surface area (Å²) in [6, 6.07) is 0. The molecule has 1 aliphatic carbocycles. The first-order valence-corrected chi connectivity index (χ1v) is 9.04. The second-order valence-corrected chi connectivity index (χ2v) is 6.58. The van der Waals surface area contributed by atoms with Gasteiger partial charge in [-0.3, -0.25) is 9.59 Å². The third-order valence-corrected chi connectivity index (χ3v) is 4.67. The second-order valence-electron chi connectivity index (χ2n) is 5.60. The Hall–Kier alpha value is -0.710. The van der Waals surface area contributed by atoms with Gasteiger partial charge >= 0.3 is 5.97 Å². The Bertz CT molecular complexity index is 309. The maximum atomic E-state index is 12.0. The number of carbonyl (C=O) groups excluding carboxylic acids is 1. The molecular formula is C15H27NO3S. The minimum atomic E-state index is -0.753. The van der Waals surface area contributed by atoms with Gasteiger partial charge in [0.05, 0.1) is 5.92 Å². The van der Waals surface area contributed by atoms with Crippen molar-refractivity contribution in [3.63, 3.8) is 0 Å². The lowest BCUT2D eigenvalue weighted by Crippen LogP contribution is -2.35. The summed E-state index contributed by atoms with van der Waals surface area (Å²) in [6.07, 6.45) is 9.68. The summed E-state index contributed by atoms with van der Waals surface area (Å²) < 4.78 is 0. The normalized spacial score (nSPS) is 22.4. The zero-order chi connectivity index (χ0) is 14.8. The van der Waals surface area contributed by atoms with Crippen LogP contribution in [0.4, 0.5) is 0 Å². The fourth-order valence-corrected chi connectivity index (χ4v) is 3.23. The molecule has 5 heteroatoms. The van der Waals surface area contributed by atoms with Gasteiger partial charge in [-0.1, -0.05) is 19.3 Å². The first-order valence-electron chi connectivity index (χ1n) is 7.64. The highest BCUT2D eigenvalue weighted by atomic mass is 32.2. The number of hydrogen-bond donors (Lipinski definition) is 2. The summed E-state index contributed by atoms with van der Waals surface area (Å²) in [5.74, 6) is 0.0918. The van der Waals surface area contributed by atoms with E-state index in [1.807, 2.05) is 11.8 Å². The van der Waals surface area contributed by atoms with Crippen LogP contribution in [0.25, 0.3) is 0 Å². The van der Waals surface area contributed by atoms with Gasteiger partial charge < -0.3 is 10.4 Å². The van der Waals surface area contributed by atoms with E-state index in [4.69, 9.17) is 5.11 Å². The monoisotopic (exact) mass is 301 g/mol. The number of hydrogen-bond acceptors (Lipinski definition) is 3.